The third-order valence-electron chi connectivity index (χ3n) is 9.01. The highest BCUT2D eigenvalue weighted by atomic mass is 16.6. The molecule has 0 radical (unpaired) electrons. The second-order valence-corrected chi connectivity index (χ2v) is 12.7. The number of rotatable bonds is 5. The Hall–Kier alpha value is -1.30. The average molecular weight is 433 g/mol. The van der Waals surface area contributed by atoms with E-state index in [1.54, 1.807) is 20.8 Å². The van der Waals surface area contributed by atoms with Crippen LogP contribution >= 0.6 is 0 Å². The second-order valence-electron chi connectivity index (χ2n) is 12.7. The lowest BCUT2D eigenvalue weighted by Gasteiger charge is -2.59. The molecule has 6 nitrogen and oxygen atoms in total. The van der Waals surface area contributed by atoms with Gasteiger partial charge in [-0.1, -0.05) is 0 Å². The minimum atomic E-state index is -0.940. The summed E-state index contributed by atoms with van der Waals surface area (Å²) in [5, 5.41) is 12.5. The number of carbonyl (C=O) groups excluding carboxylic acids is 1. The molecule has 6 rings (SSSR count). The highest BCUT2D eigenvalue weighted by molar-refractivity contribution is 5.80. The van der Waals surface area contributed by atoms with Crippen LogP contribution in [0.3, 0.4) is 0 Å². The third-order valence-corrected chi connectivity index (χ3v) is 9.01. The van der Waals surface area contributed by atoms with Gasteiger partial charge in [-0.25, -0.2) is 9.59 Å². The molecular formula is C25H40N2O4. The van der Waals surface area contributed by atoms with E-state index < -0.39 is 23.7 Å². The molecule has 6 fully saturated rings. The molecule has 1 amide bonds. The maximum Gasteiger partial charge on any atom is 0.408 e. The van der Waals surface area contributed by atoms with Gasteiger partial charge in [0.2, 0.25) is 0 Å². The van der Waals surface area contributed by atoms with Crippen molar-refractivity contribution in [2.75, 3.05) is 6.54 Å². The number of nitrogens with zero attached hydrogens (tertiary/aromatic N) is 1. The van der Waals surface area contributed by atoms with E-state index in [0.717, 1.165) is 30.6 Å². The first kappa shape index (κ1) is 21.5. The zero-order valence-electron chi connectivity index (χ0n) is 19.4. The molecule has 31 heavy (non-hydrogen) atoms. The molecule has 2 saturated heterocycles. The molecular weight excluding hydrogens is 392 g/mol. The molecule has 6 heteroatoms. The summed E-state index contributed by atoms with van der Waals surface area (Å²) in [6.07, 6.45) is 12.2. The first-order valence-corrected chi connectivity index (χ1v) is 12.6. The fourth-order valence-corrected chi connectivity index (χ4v) is 8.53. The second kappa shape index (κ2) is 7.64. The van der Waals surface area contributed by atoms with Crippen LogP contribution in [-0.4, -0.2) is 52.3 Å². The van der Waals surface area contributed by atoms with Gasteiger partial charge in [-0.3, -0.25) is 4.90 Å². The van der Waals surface area contributed by atoms with Crippen LogP contribution in [0, 0.1) is 29.1 Å². The van der Waals surface area contributed by atoms with Gasteiger partial charge in [0.05, 0.1) is 0 Å². The van der Waals surface area contributed by atoms with Crippen LogP contribution in [0.5, 0.6) is 0 Å². The lowest BCUT2D eigenvalue weighted by molar-refractivity contribution is -0.142. The van der Waals surface area contributed by atoms with Gasteiger partial charge in [0.15, 0.2) is 0 Å². The van der Waals surface area contributed by atoms with Crippen molar-refractivity contribution >= 4 is 12.1 Å². The van der Waals surface area contributed by atoms with Crippen molar-refractivity contribution in [3.63, 3.8) is 0 Å². The summed E-state index contributed by atoms with van der Waals surface area (Å²) in [5.41, 5.74) is -0.100. The van der Waals surface area contributed by atoms with E-state index >= 15 is 0 Å². The van der Waals surface area contributed by atoms with E-state index in [1.807, 2.05) is 0 Å². The summed E-state index contributed by atoms with van der Waals surface area (Å²) in [6, 6.07) is 0.0812. The quantitative estimate of drug-likeness (QED) is 0.672. The van der Waals surface area contributed by atoms with Crippen molar-refractivity contribution in [3.05, 3.63) is 0 Å². The molecule has 0 aromatic heterocycles. The molecule has 4 saturated carbocycles. The van der Waals surface area contributed by atoms with Crippen LogP contribution in [0.4, 0.5) is 4.79 Å². The Kier molecular flexibility index (Phi) is 5.31. The summed E-state index contributed by atoms with van der Waals surface area (Å²) >= 11 is 0. The summed E-state index contributed by atoms with van der Waals surface area (Å²) < 4.78 is 5.33. The SMILES string of the molecule is CC(C)(C)OC(=O)N[C@H](C(=O)O)C1CC2CCC(C1)N2CC12CC3CC(CC(C3)C1)C2. The standard InChI is InChI=1S/C25H40N2O4/c1-24(2,3)31-23(30)26-21(22(28)29)18-9-19-4-5-20(10-18)27(19)14-25-11-15-6-16(12-25)8-17(7-15)13-25/h15-21H,4-14H2,1-3H3,(H,26,30)(H,28,29)/t15?,16?,17?,18?,19?,20?,21-,25?/m0/s1. The maximum absolute atomic E-state index is 12.3. The Morgan fingerprint density at radius 3 is 1.97 bits per heavy atom. The Labute approximate surface area is 186 Å². The van der Waals surface area contributed by atoms with Gasteiger partial charge in [-0.05, 0) is 114 Å². The number of hydrogen-bond acceptors (Lipinski definition) is 4. The van der Waals surface area contributed by atoms with Crippen molar-refractivity contribution in [2.45, 2.75) is 109 Å². The molecule has 0 spiro atoms. The zero-order valence-corrected chi connectivity index (χ0v) is 19.4. The van der Waals surface area contributed by atoms with Crippen molar-refractivity contribution in [2.24, 2.45) is 29.1 Å². The number of carboxylic acids is 1. The van der Waals surface area contributed by atoms with Crippen LogP contribution in [0.15, 0.2) is 0 Å². The topological polar surface area (TPSA) is 78.9 Å². The molecule has 4 aliphatic carbocycles. The summed E-state index contributed by atoms with van der Waals surface area (Å²) in [4.78, 5) is 27.1. The predicted octanol–water partition coefficient (Wildman–Crippen LogP) is 4.42. The Bertz CT molecular complexity index is 680. The molecule has 3 atom stereocenters. The number of fused-ring (bicyclic) bond motifs is 2. The van der Waals surface area contributed by atoms with Gasteiger partial charge < -0.3 is 15.2 Å². The normalized spacial score (nSPS) is 42.4. The van der Waals surface area contributed by atoms with Crippen LogP contribution in [0.2, 0.25) is 0 Å². The van der Waals surface area contributed by atoms with Crippen LogP contribution in [0.25, 0.3) is 0 Å². The molecule has 2 heterocycles. The molecule has 6 aliphatic rings. The summed E-state index contributed by atoms with van der Waals surface area (Å²) in [5.74, 6) is 1.95. The van der Waals surface area contributed by atoms with Crippen LogP contribution in [0.1, 0.15) is 85.0 Å². The number of ether oxygens (including phenoxy) is 1. The molecule has 174 valence electrons. The van der Waals surface area contributed by atoms with Crippen molar-refractivity contribution < 1.29 is 19.4 Å². The number of piperidine rings is 1. The molecule has 2 N–H and O–H groups in total. The van der Waals surface area contributed by atoms with Gasteiger partial charge in [0, 0.05) is 18.6 Å². The lowest BCUT2D eigenvalue weighted by atomic mass is 9.49. The van der Waals surface area contributed by atoms with E-state index in [2.05, 4.69) is 10.2 Å². The first-order valence-electron chi connectivity index (χ1n) is 12.6. The number of aliphatic carboxylic acids is 1. The van der Waals surface area contributed by atoms with Crippen LogP contribution in [-0.2, 0) is 9.53 Å². The van der Waals surface area contributed by atoms with Crippen molar-refractivity contribution in [3.8, 4) is 0 Å². The highest BCUT2D eigenvalue weighted by Gasteiger charge is 2.54. The highest BCUT2D eigenvalue weighted by Crippen LogP contribution is 2.61. The smallest absolute Gasteiger partial charge is 0.408 e. The van der Waals surface area contributed by atoms with Crippen molar-refractivity contribution in [1.29, 1.82) is 0 Å². The van der Waals surface area contributed by atoms with E-state index in [4.69, 9.17) is 4.74 Å². The molecule has 2 unspecified atom stereocenters. The average Bonchev–Trinajstić information content (AvgIpc) is 2.84. The number of nitrogens with one attached hydrogen (secondary N) is 1. The summed E-state index contributed by atoms with van der Waals surface area (Å²) in [6.45, 7) is 6.62. The van der Waals surface area contributed by atoms with Gasteiger partial charge >= 0.3 is 12.1 Å². The largest absolute Gasteiger partial charge is 0.480 e. The number of alkyl carbamates (subject to hydrolysis) is 1. The fraction of sp³-hybridized carbons (Fsp3) is 0.920. The lowest BCUT2D eigenvalue weighted by Crippen LogP contribution is -2.57. The number of hydrogen-bond donors (Lipinski definition) is 2. The van der Waals surface area contributed by atoms with Gasteiger partial charge in [0.1, 0.15) is 11.6 Å². The zero-order chi connectivity index (χ0) is 22.0. The number of carbonyl (C=O) groups is 2. The third kappa shape index (κ3) is 4.34. The minimum absolute atomic E-state index is 0.0184. The maximum atomic E-state index is 12.3. The fourth-order valence-electron chi connectivity index (χ4n) is 8.53. The van der Waals surface area contributed by atoms with Crippen LogP contribution < -0.4 is 5.32 Å². The van der Waals surface area contributed by atoms with E-state index in [9.17, 15) is 14.7 Å². The first-order chi connectivity index (χ1) is 14.6. The predicted molar refractivity (Wildman–Crippen MR) is 118 cm³/mol. The van der Waals surface area contributed by atoms with E-state index in [0.29, 0.717) is 17.5 Å². The number of carboxylic acid groups (broad SMARTS) is 1. The Morgan fingerprint density at radius 2 is 1.52 bits per heavy atom. The van der Waals surface area contributed by atoms with Crippen molar-refractivity contribution in [1.82, 2.24) is 10.2 Å². The Balaban J connectivity index is 1.24. The van der Waals surface area contributed by atoms with Gasteiger partial charge in [-0.2, -0.15) is 0 Å². The Morgan fingerprint density at radius 1 is 1.00 bits per heavy atom. The van der Waals surface area contributed by atoms with Gasteiger partial charge in [0.25, 0.3) is 0 Å². The monoisotopic (exact) mass is 432 g/mol. The van der Waals surface area contributed by atoms with E-state index in [1.165, 1.54) is 57.9 Å². The molecule has 0 aromatic rings. The molecule has 0 aromatic carbocycles. The van der Waals surface area contributed by atoms with E-state index in [-0.39, 0.29) is 5.92 Å². The molecule has 6 bridgehead atoms. The minimum Gasteiger partial charge on any atom is -0.480 e. The summed E-state index contributed by atoms with van der Waals surface area (Å²) in [7, 11) is 0. The van der Waals surface area contributed by atoms with Gasteiger partial charge in [-0.15, -0.1) is 0 Å². The molecule has 2 aliphatic heterocycles. The number of amides is 1.